The Morgan fingerprint density at radius 2 is 2.12 bits per heavy atom. The molecule has 2 heteroatoms. The molecule has 0 radical (unpaired) electrons. The highest BCUT2D eigenvalue weighted by atomic mass is 16.3. The largest absolute Gasteiger partial charge is 0.389 e. The highest BCUT2D eigenvalue weighted by Gasteiger charge is 2.33. The van der Waals surface area contributed by atoms with E-state index in [2.05, 4.69) is 11.8 Å². The fourth-order valence-electron chi connectivity index (χ4n) is 3.54. The van der Waals surface area contributed by atoms with Gasteiger partial charge in [0.05, 0.1) is 5.60 Å². The van der Waals surface area contributed by atoms with E-state index < -0.39 is 5.60 Å². The van der Waals surface area contributed by atoms with Crippen molar-refractivity contribution in [3.8, 4) is 0 Å². The number of hydrogen-bond donors (Lipinski definition) is 1. The molecule has 0 spiro atoms. The van der Waals surface area contributed by atoms with Crippen LogP contribution in [0.4, 0.5) is 0 Å². The van der Waals surface area contributed by atoms with Gasteiger partial charge in [-0.05, 0) is 45.1 Å². The van der Waals surface area contributed by atoms with Crippen molar-refractivity contribution in [2.75, 3.05) is 13.1 Å². The molecule has 1 aliphatic carbocycles. The zero-order valence-electron chi connectivity index (χ0n) is 10.9. The third kappa shape index (κ3) is 2.98. The van der Waals surface area contributed by atoms with Gasteiger partial charge in [-0.2, -0.15) is 0 Å². The Balaban J connectivity index is 1.91. The van der Waals surface area contributed by atoms with Gasteiger partial charge in [-0.25, -0.2) is 0 Å². The van der Waals surface area contributed by atoms with Crippen molar-refractivity contribution in [3.63, 3.8) is 0 Å². The van der Waals surface area contributed by atoms with Gasteiger partial charge in [0.2, 0.25) is 0 Å². The summed E-state index contributed by atoms with van der Waals surface area (Å²) in [5.74, 6) is 0.936. The number of piperidine rings is 1. The average molecular weight is 225 g/mol. The van der Waals surface area contributed by atoms with E-state index in [-0.39, 0.29) is 0 Å². The zero-order chi connectivity index (χ0) is 11.6. The van der Waals surface area contributed by atoms with Crippen molar-refractivity contribution in [2.45, 2.75) is 70.4 Å². The highest BCUT2D eigenvalue weighted by molar-refractivity contribution is 4.88. The van der Waals surface area contributed by atoms with E-state index in [1.165, 1.54) is 45.1 Å². The van der Waals surface area contributed by atoms with Crippen LogP contribution in [-0.4, -0.2) is 34.7 Å². The highest BCUT2D eigenvalue weighted by Crippen LogP contribution is 2.32. The van der Waals surface area contributed by atoms with E-state index in [0.717, 1.165) is 24.9 Å². The van der Waals surface area contributed by atoms with E-state index in [1.807, 2.05) is 6.92 Å². The summed E-state index contributed by atoms with van der Waals surface area (Å²) in [6.07, 6.45) is 9.02. The van der Waals surface area contributed by atoms with Crippen molar-refractivity contribution >= 4 is 0 Å². The van der Waals surface area contributed by atoms with E-state index in [1.54, 1.807) is 0 Å². The van der Waals surface area contributed by atoms with Crippen LogP contribution in [0, 0.1) is 5.92 Å². The lowest BCUT2D eigenvalue weighted by Crippen LogP contribution is -2.51. The van der Waals surface area contributed by atoms with E-state index in [4.69, 9.17) is 0 Å². The van der Waals surface area contributed by atoms with E-state index in [9.17, 15) is 5.11 Å². The average Bonchev–Trinajstić information content (AvgIpc) is 2.28. The second-order valence-electron chi connectivity index (χ2n) is 6.17. The predicted octanol–water partition coefficient (Wildman–Crippen LogP) is 2.80. The van der Waals surface area contributed by atoms with E-state index >= 15 is 0 Å². The van der Waals surface area contributed by atoms with Crippen LogP contribution in [0.5, 0.6) is 0 Å². The Morgan fingerprint density at radius 3 is 2.81 bits per heavy atom. The van der Waals surface area contributed by atoms with Gasteiger partial charge in [0, 0.05) is 12.6 Å². The topological polar surface area (TPSA) is 23.5 Å². The van der Waals surface area contributed by atoms with Gasteiger partial charge in [0.15, 0.2) is 0 Å². The molecule has 2 rings (SSSR count). The van der Waals surface area contributed by atoms with Gasteiger partial charge in [0.1, 0.15) is 0 Å². The minimum atomic E-state index is -0.433. The monoisotopic (exact) mass is 225 g/mol. The number of rotatable bonds is 2. The van der Waals surface area contributed by atoms with Gasteiger partial charge in [-0.3, -0.25) is 4.90 Å². The maximum absolute atomic E-state index is 10.2. The summed E-state index contributed by atoms with van der Waals surface area (Å²) in [5.41, 5.74) is -0.433. The lowest BCUT2D eigenvalue weighted by molar-refractivity contribution is -0.0384. The minimum absolute atomic E-state index is 0.433. The number of nitrogens with zero attached hydrogens (tertiary/aromatic N) is 1. The Kier molecular flexibility index (Phi) is 3.91. The first kappa shape index (κ1) is 12.4. The third-order valence-corrected chi connectivity index (χ3v) is 4.55. The normalized spacial score (nSPS) is 42.2. The van der Waals surface area contributed by atoms with Crippen LogP contribution in [0.25, 0.3) is 0 Å². The molecule has 1 aliphatic heterocycles. The van der Waals surface area contributed by atoms with Gasteiger partial charge in [-0.15, -0.1) is 0 Å². The van der Waals surface area contributed by atoms with Crippen molar-refractivity contribution in [1.82, 2.24) is 4.90 Å². The summed E-state index contributed by atoms with van der Waals surface area (Å²) >= 11 is 0. The lowest BCUT2D eigenvalue weighted by Gasteiger charge is -2.44. The first-order valence-electron chi connectivity index (χ1n) is 7.07. The van der Waals surface area contributed by atoms with Crippen LogP contribution in [0.1, 0.15) is 58.8 Å². The molecule has 2 fully saturated rings. The molecule has 0 bridgehead atoms. The summed E-state index contributed by atoms with van der Waals surface area (Å²) in [5, 5.41) is 10.2. The van der Waals surface area contributed by atoms with Crippen LogP contribution in [0.2, 0.25) is 0 Å². The summed E-state index contributed by atoms with van der Waals surface area (Å²) < 4.78 is 0. The molecular formula is C14H27NO. The minimum Gasteiger partial charge on any atom is -0.389 e. The number of aliphatic hydroxyl groups is 1. The summed E-state index contributed by atoms with van der Waals surface area (Å²) in [6, 6.07) is 0.755. The van der Waals surface area contributed by atoms with Crippen LogP contribution >= 0.6 is 0 Å². The van der Waals surface area contributed by atoms with Crippen LogP contribution in [0.3, 0.4) is 0 Å². The Labute approximate surface area is 100 Å². The summed E-state index contributed by atoms with van der Waals surface area (Å²) in [6.45, 7) is 6.42. The van der Waals surface area contributed by atoms with Crippen LogP contribution < -0.4 is 0 Å². The van der Waals surface area contributed by atoms with Gasteiger partial charge < -0.3 is 5.11 Å². The molecule has 0 aromatic rings. The second-order valence-corrected chi connectivity index (χ2v) is 6.17. The van der Waals surface area contributed by atoms with Crippen molar-refractivity contribution < 1.29 is 5.11 Å². The first-order valence-corrected chi connectivity index (χ1v) is 7.07. The van der Waals surface area contributed by atoms with Crippen molar-refractivity contribution in [2.24, 2.45) is 5.92 Å². The Bertz CT molecular complexity index is 227. The number of likely N-dealkylation sites (tertiary alicyclic amines) is 1. The number of β-amino-alcohol motifs (C(OH)–C–C–N with tert-alkyl or cyclic N) is 1. The SMILES string of the molecule is CCC1CCCC(N2CCCC(C)(O)C2)C1. The summed E-state index contributed by atoms with van der Waals surface area (Å²) in [7, 11) is 0. The maximum atomic E-state index is 10.2. The number of hydrogen-bond acceptors (Lipinski definition) is 2. The van der Waals surface area contributed by atoms with Crippen molar-refractivity contribution in [1.29, 1.82) is 0 Å². The Hall–Kier alpha value is -0.0800. The van der Waals surface area contributed by atoms with Gasteiger partial charge >= 0.3 is 0 Å². The molecule has 1 heterocycles. The molecule has 16 heavy (non-hydrogen) atoms. The molecule has 2 nitrogen and oxygen atoms in total. The molecule has 0 aromatic carbocycles. The fourth-order valence-corrected chi connectivity index (χ4v) is 3.54. The second kappa shape index (κ2) is 5.05. The fraction of sp³-hybridized carbons (Fsp3) is 1.00. The van der Waals surface area contributed by atoms with Gasteiger partial charge in [-0.1, -0.05) is 26.2 Å². The molecule has 3 atom stereocenters. The summed E-state index contributed by atoms with van der Waals surface area (Å²) in [4.78, 5) is 2.56. The van der Waals surface area contributed by atoms with Crippen LogP contribution in [0.15, 0.2) is 0 Å². The quantitative estimate of drug-likeness (QED) is 0.781. The molecule has 1 saturated heterocycles. The maximum Gasteiger partial charge on any atom is 0.0746 e. The molecule has 3 unspecified atom stereocenters. The third-order valence-electron chi connectivity index (χ3n) is 4.55. The Morgan fingerprint density at radius 1 is 1.31 bits per heavy atom. The molecule has 0 amide bonds. The molecule has 2 aliphatic rings. The van der Waals surface area contributed by atoms with Crippen LogP contribution in [-0.2, 0) is 0 Å². The standard InChI is InChI=1S/C14H27NO/c1-3-12-6-4-7-13(10-12)15-9-5-8-14(2,16)11-15/h12-13,16H,3-11H2,1-2H3. The molecule has 94 valence electrons. The smallest absolute Gasteiger partial charge is 0.0746 e. The lowest BCUT2D eigenvalue weighted by atomic mass is 9.82. The molecule has 1 saturated carbocycles. The predicted molar refractivity (Wildman–Crippen MR) is 67.5 cm³/mol. The zero-order valence-corrected chi connectivity index (χ0v) is 10.9. The molecule has 0 aromatic heterocycles. The molecule has 1 N–H and O–H groups in total. The first-order chi connectivity index (χ1) is 7.61. The molecular weight excluding hydrogens is 198 g/mol. The van der Waals surface area contributed by atoms with Crippen molar-refractivity contribution in [3.05, 3.63) is 0 Å². The van der Waals surface area contributed by atoms with Gasteiger partial charge in [0.25, 0.3) is 0 Å². The van der Waals surface area contributed by atoms with E-state index in [0.29, 0.717) is 0 Å².